The molecule has 146 valence electrons. The van der Waals surface area contributed by atoms with E-state index >= 15 is 0 Å². The second-order valence-electron chi connectivity index (χ2n) is 6.03. The molecule has 3 aromatic rings. The third kappa shape index (κ3) is 4.61. The number of benzene rings is 2. The number of nitrogens with two attached hydrogens (primary N) is 1. The third-order valence-electron chi connectivity index (χ3n) is 3.93. The summed E-state index contributed by atoms with van der Waals surface area (Å²) in [6.45, 7) is 0. The molecule has 1 aromatic heterocycles. The molecule has 0 aliphatic carbocycles. The summed E-state index contributed by atoms with van der Waals surface area (Å²) in [5.74, 6) is -0.128. The summed E-state index contributed by atoms with van der Waals surface area (Å²) in [4.78, 5) is 4.33. The Morgan fingerprint density at radius 2 is 1.50 bits per heavy atom. The molecule has 0 aliphatic heterocycles. The molecular weight excluding hydrogens is 393 g/mol. The Kier molecular flexibility index (Phi) is 5.03. The van der Waals surface area contributed by atoms with Crippen LogP contribution in [0, 0.1) is 0 Å². The summed E-state index contributed by atoms with van der Waals surface area (Å²) in [6, 6.07) is 13.3. The third-order valence-corrected chi connectivity index (χ3v) is 5.06. The fourth-order valence-corrected chi connectivity index (χ4v) is 3.23. The maximum atomic E-state index is 12.3. The normalized spacial score (nSPS) is 12.0. The van der Waals surface area contributed by atoms with Crippen molar-refractivity contribution >= 4 is 15.7 Å². The second-order valence-corrected chi connectivity index (χ2v) is 8.04. The quantitative estimate of drug-likeness (QED) is 0.696. The molecule has 9 heteroatoms. The Balaban J connectivity index is 1.94. The lowest BCUT2D eigenvalue weighted by Crippen LogP contribution is -2.16. The predicted molar refractivity (Wildman–Crippen MR) is 99.3 cm³/mol. The van der Waals surface area contributed by atoms with Crippen molar-refractivity contribution < 1.29 is 26.3 Å². The van der Waals surface area contributed by atoms with Gasteiger partial charge in [0.05, 0.1) is 4.90 Å². The van der Waals surface area contributed by atoms with Crippen molar-refractivity contribution in [2.75, 3.05) is 12.0 Å². The SMILES string of the molecule is CS(=O)(=O)c1ccc(-c2cnc(N)c(-c3ccc(OC(F)(F)F)cc3)c2)cc1. The van der Waals surface area contributed by atoms with Crippen LogP contribution in [0.4, 0.5) is 19.0 Å². The van der Waals surface area contributed by atoms with Crippen molar-refractivity contribution in [1.29, 1.82) is 0 Å². The summed E-state index contributed by atoms with van der Waals surface area (Å²) in [5.41, 5.74) is 8.41. The van der Waals surface area contributed by atoms with Gasteiger partial charge >= 0.3 is 6.36 Å². The van der Waals surface area contributed by atoms with Crippen LogP contribution in [0.25, 0.3) is 22.3 Å². The maximum Gasteiger partial charge on any atom is 0.573 e. The van der Waals surface area contributed by atoms with Crippen LogP contribution in [0.5, 0.6) is 5.75 Å². The highest BCUT2D eigenvalue weighted by Crippen LogP contribution is 2.32. The van der Waals surface area contributed by atoms with Crippen molar-refractivity contribution in [2.45, 2.75) is 11.3 Å². The van der Waals surface area contributed by atoms with Crippen LogP contribution < -0.4 is 10.5 Å². The molecule has 0 fully saturated rings. The number of hydrogen-bond acceptors (Lipinski definition) is 5. The lowest BCUT2D eigenvalue weighted by molar-refractivity contribution is -0.274. The molecule has 0 unspecified atom stereocenters. The zero-order chi connectivity index (χ0) is 20.5. The molecule has 0 saturated heterocycles. The number of nitrogen functional groups attached to an aromatic ring is 1. The van der Waals surface area contributed by atoms with Crippen LogP contribution in [0.3, 0.4) is 0 Å². The molecule has 0 spiro atoms. The Labute approximate surface area is 159 Å². The number of halogens is 3. The first kappa shape index (κ1) is 19.7. The maximum absolute atomic E-state index is 12.3. The largest absolute Gasteiger partial charge is 0.573 e. The first-order valence-electron chi connectivity index (χ1n) is 7.95. The van der Waals surface area contributed by atoms with Gasteiger partial charge in [-0.1, -0.05) is 24.3 Å². The average molecular weight is 408 g/mol. The summed E-state index contributed by atoms with van der Waals surface area (Å²) in [5, 5.41) is 0. The molecule has 0 bridgehead atoms. The number of sulfone groups is 1. The second kappa shape index (κ2) is 7.16. The zero-order valence-electron chi connectivity index (χ0n) is 14.6. The van der Waals surface area contributed by atoms with Crippen molar-refractivity contribution in [3.63, 3.8) is 0 Å². The number of pyridine rings is 1. The van der Waals surface area contributed by atoms with E-state index in [0.29, 0.717) is 16.7 Å². The molecule has 3 rings (SSSR count). The number of alkyl halides is 3. The fourth-order valence-electron chi connectivity index (χ4n) is 2.60. The highest BCUT2D eigenvalue weighted by Gasteiger charge is 2.31. The number of ether oxygens (including phenoxy) is 1. The standard InChI is InChI=1S/C19H15F3N2O3S/c1-28(25,26)16-8-4-12(5-9-16)14-10-17(18(23)24-11-14)13-2-6-15(7-3-13)27-19(20,21)22/h2-11H,1H3,(H2,23,24). The van der Waals surface area contributed by atoms with Gasteiger partial charge in [-0.2, -0.15) is 0 Å². The van der Waals surface area contributed by atoms with Crippen LogP contribution in [0.15, 0.2) is 65.7 Å². The van der Waals surface area contributed by atoms with Gasteiger partial charge in [-0.05, 0) is 41.5 Å². The van der Waals surface area contributed by atoms with E-state index in [1.165, 1.54) is 42.6 Å². The van der Waals surface area contributed by atoms with E-state index in [2.05, 4.69) is 9.72 Å². The summed E-state index contributed by atoms with van der Waals surface area (Å²) >= 11 is 0. The lowest BCUT2D eigenvalue weighted by atomic mass is 10.0. The van der Waals surface area contributed by atoms with E-state index < -0.39 is 16.2 Å². The highest BCUT2D eigenvalue weighted by molar-refractivity contribution is 7.90. The minimum absolute atomic E-state index is 0.195. The van der Waals surface area contributed by atoms with Gasteiger partial charge in [0.15, 0.2) is 9.84 Å². The Hall–Kier alpha value is -3.07. The average Bonchev–Trinajstić information content (AvgIpc) is 2.61. The monoisotopic (exact) mass is 408 g/mol. The van der Waals surface area contributed by atoms with E-state index in [-0.39, 0.29) is 16.5 Å². The minimum Gasteiger partial charge on any atom is -0.406 e. The van der Waals surface area contributed by atoms with Crippen LogP contribution in [-0.4, -0.2) is 26.0 Å². The Morgan fingerprint density at radius 1 is 0.929 bits per heavy atom. The van der Waals surface area contributed by atoms with Crippen LogP contribution in [0.1, 0.15) is 0 Å². The molecule has 1 heterocycles. The molecule has 28 heavy (non-hydrogen) atoms. The molecule has 0 saturated carbocycles. The number of hydrogen-bond donors (Lipinski definition) is 1. The van der Waals surface area contributed by atoms with E-state index in [0.717, 1.165) is 11.8 Å². The van der Waals surface area contributed by atoms with Gasteiger partial charge < -0.3 is 10.5 Å². The van der Waals surface area contributed by atoms with Gasteiger partial charge in [0, 0.05) is 23.6 Å². The molecule has 5 nitrogen and oxygen atoms in total. The van der Waals surface area contributed by atoms with Crippen molar-refractivity contribution in [1.82, 2.24) is 4.98 Å². The molecule has 0 atom stereocenters. The van der Waals surface area contributed by atoms with Crippen molar-refractivity contribution in [2.24, 2.45) is 0 Å². The smallest absolute Gasteiger partial charge is 0.406 e. The molecule has 0 aliphatic rings. The zero-order valence-corrected chi connectivity index (χ0v) is 15.4. The lowest BCUT2D eigenvalue weighted by Gasteiger charge is -2.11. The van der Waals surface area contributed by atoms with E-state index in [4.69, 9.17) is 5.73 Å². The minimum atomic E-state index is -4.76. The molecular formula is C19H15F3N2O3S. The van der Waals surface area contributed by atoms with Gasteiger partial charge in [-0.15, -0.1) is 13.2 Å². The fraction of sp³-hybridized carbons (Fsp3) is 0.105. The topological polar surface area (TPSA) is 82.3 Å². The van der Waals surface area contributed by atoms with Crippen LogP contribution in [0.2, 0.25) is 0 Å². The van der Waals surface area contributed by atoms with Gasteiger partial charge in [-0.25, -0.2) is 13.4 Å². The van der Waals surface area contributed by atoms with Gasteiger partial charge in [0.2, 0.25) is 0 Å². The van der Waals surface area contributed by atoms with Gasteiger partial charge in [0.1, 0.15) is 11.6 Å². The Bertz CT molecular complexity index is 1090. The van der Waals surface area contributed by atoms with E-state index in [9.17, 15) is 21.6 Å². The summed E-state index contributed by atoms with van der Waals surface area (Å²) in [6.07, 6.45) is -2.10. The number of rotatable bonds is 4. The van der Waals surface area contributed by atoms with Gasteiger partial charge in [-0.3, -0.25) is 0 Å². The first-order chi connectivity index (χ1) is 13.0. The van der Waals surface area contributed by atoms with Crippen molar-refractivity contribution in [3.05, 3.63) is 60.8 Å². The molecule has 0 amide bonds. The number of anilines is 1. The first-order valence-corrected chi connectivity index (χ1v) is 9.84. The van der Waals surface area contributed by atoms with Crippen LogP contribution in [-0.2, 0) is 9.84 Å². The summed E-state index contributed by atoms with van der Waals surface area (Å²) < 4.78 is 63.8. The molecule has 0 radical (unpaired) electrons. The number of aromatic nitrogens is 1. The highest BCUT2D eigenvalue weighted by atomic mass is 32.2. The van der Waals surface area contributed by atoms with E-state index in [1.54, 1.807) is 18.2 Å². The van der Waals surface area contributed by atoms with Crippen LogP contribution >= 0.6 is 0 Å². The number of nitrogens with zero attached hydrogens (tertiary/aromatic N) is 1. The Morgan fingerprint density at radius 3 is 2.04 bits per heavy atom. The predicted octanol–water partition coefficient (Wildman–Crippen LogP) is 4.30. The summed E-state index contributed by atoms with van der Waals surface area (Å²) in [7, 11) is -3.30. The molecule has 2 N–H and O–H groups in total. The molecule has 2 aromatic carbocycles. The van der Waals surface area contributed by atoms with E-state index in [1.807, 2.05) is 0 Å². The van der Waals surface area contributed by atoms with Crippen molar-refractivity contribution in [3.8, 4) is 28.0 Å². The van der Waals surface area contributed by atoms with Gasteiger partial charge in [0.25, 0.3) is 0 Å².